The van der Waals surface area contributed by atoms with Crippen LogP contribution in [0.4, 0.5) is 25.0 Å². The van der Waals surface area contributed by atoms with Crippen LogP contribution in [-0.2, 0) is 9.47 Å². The second-order valence-electron chi connectivity index (χ2n) is 7.40. The van der Waals surface area contributed by atoms with Crippen LogP contribution in [0, 0.1) is 25.5 Å². The van der Waals surface area contributed by atoms with E-state index in [4.69, 9.17) is 15.2 Å². The van der Waals surface area contributed by atoms with Crippen molar-refractivity contribution in [2.45, 2.75) is 13.8 Å². The Hall–Kier alpha value is -2.75. The Balaban J connectivity index is 0.000000200. The molecule has 0 radical (unpaired) electrons. The molecule has 2 aromatic carbocycles. The van der Waals surface area contributed by atoms with Crippen molar-refractivity contribution in [3.8, 4) is 0 Å². The highest BCUT2D eigenvalue weighted by Crippen LogP contribution is 2.16. The number of hydrogen-bond donors (Lipinski definition) is 3. The highest BCUT2D eigenvalue weighted by molar-refractivity contribution is 5.89. The number of amides is 2. The number of anilines is 2. The molecule has 2 aliphatic rings. The number of nitrogen functional groups attached to an aromatic ring is 1. The van der Waals surface area contributed by atoms with Crippen LogP contribution in [0.3, 0.4) is 0 Å². The third-order valence-corrected chi connectivity index (χ3v) is 4.67. The Kier molecular flexibility index (Phi) is 10.9. The molecule has 0 saturated carbocycles. The number of nitrogens with zero attached hydrogens (tertiary/aromatic N) is 1. The van der Waals surface area contributed by atoms with Crippen LogP contribution in [0.5, 0.6) is 0 Å². The average molecular weight is 451 g/mol. The van der Waals surface area contributed by atoms with Gasteiger partial charge < -0.3 is 30.7 Å². The van der Waals surface area contributed by atoms with Crippen LogP contribution in [0.15, 0.2) is 36.4 Å². The zero-order valence-electron chi connectivity index (χ0n) is 18.6. The lowest BCUT2D eigenvalue weighted by Crippen LogP contribution is -2.43. The van der Waals surface area contributed by atoms with E-state index in [2.05, 4.69) is 10.6 Å². The summed E-state index contributed by atoms with van der Waals surface area (Å²) in [6.45, 7) is 9.60. The van der Waals surface area contributed by atoms with Gasteiger partial charge in [0.15, 0.2) is 0 Å². The Morgan fingerprint density at radius 3 is 1.97 bits per heavy atom. The van der Waals surface area contributed by atoms with Crippen molar-refractivity contribution in [3.05, 3.63) is 59.2 Å². The number of aryl methyl sites for hydroxylation is 2. The molecule has 0 spiro atoms. The number of urea groups is 1. The minimum atomic E-state index is -0.411. The van der Waals surface area contributed by atoms with Gasteiger partial charge in [0, 0.05) is 26.2 Å². The first-order valence-corrected chi connectivity index (χ1v) is 10.6. The fraction of sp³-hybridized carbons (Fsp3) is 0.435. The van der Waals surface area contributed by atoms with E-state index in [0.29, 0.717) is 26.3 Å². The maximum absolute atomic E-state index is 13.5. The number of nitrogens with one attached hydrogen (secondary N) is 2. The summed E-state index contributed by atoms with van der Waals surface area (Å²) in [6.07, 6.45) is 0. The molecular weight excluding hydrogens is 418 g/mol. The van der Waals surface area contributed by atoms with Crippen LogP contribution in [-0.4, -0.2) is 63.5 Å². The van der Waals surface area contributed by atoms with Crippen molar-refractivity contribution < 1.29 is 23.0 Å². The number of carbonyl (C=O) groups is 1. The van der Waals surface area contributed by atoms with Crippen molar-refractivity contribution in [1.29, 1.82) is 0 Å². The van der Waals surface area contributed by atoms with E-state index in [1.807, 2.05) is 6.92 Å². The van der Waals surface area contributed by atoms with E-state index < -0.39 is 5.82 Å². The van der Waals surface area contributed by atoms with Gasteiger partial charge in [0.2, 0.25) is 0 Å². The summed E-state index contributed by atoms with van der Waals surface area (Å²) < 4.78 is 36.1. The first-order chi connectivity index (χ1) is 15.4. The third-order valence-electron chi connectivity index (χ3n) is 4.67. The summed E-state index contributed by atoms with van der Waals surface area (Å²) in [5.74, 6) is -0.749. The van der Waals surface area contributed by atoms with Crippen molar-refractivity contribution in [1.82, 2.24) is 10.2 Å². The van der Waals surface area contributed by atoms with Crippen LogP contribution in [0.25, 0.3) is 0 Å². The van der Waals surface area contributed by atoms with Gasteiger partial charge in [-0.15, -0.1) is 0 Å². The molecule has 2 fully saturated rings. The van der Waals surface area contributed by atoms with Crippen molar-refractivity contribution >= 4 is 17.4 Å². The summed E-state index contributed by atoms with van der Waals surface area (Å²) in [4.78, 5) is 13.4. The van der Waals surface area contributed by atoms with Crippen LogP contribution >= 0.6 is 0 Å². The molecule has 7 nitrogen and oxygen atoms in total. The quantitative estimate of drug-likeness (QED) is 0.580. The van der Waals surface area contributed by atoms with E-state index in [9.17, 15) is 13.6 Å². The molecule has 9 heteroatoms. The largest absolute Gasteiger partial charge is 0.396 e. The van der Waals surface area contributed by atoms with Crippen molar-refractivity contribution in [3.63, 3.8) is 0 Å². The Bertz CT molecular complexity index is 846. The zero-order valence-corrected chi connectivity index (χ0v) is 18.6. The molecule has 4 N–H and O–H groups in total. The number of benzene rings is 2. The van der Waals surface area contributed by atoms with Crippen molar-refractivity contribution in [2.75, 3.05) is 63.7 Å². The molecule has 2 amide bonds. The number of nitrogens with two attached hydrogens (primary N) is 1. The lowest BCUT2D eigenvalue weighted by atomic mass is 10.2. The van der Waals surface area contributed by atoms with Gasteiger partial charge in [-0.2, -0.15) is 0 Å². The summed E-state index contributed by atoms with van der Waals surface area (Å²) in [5, 5.41) is 5.72. The van der Waals surface area contributed by atoms with Gasteiger partial charge in [-0.3, -0.25) is 0 Å². The Morgan fingerprint density at radius 2 is 1.50 bits per heavy atom. The summed E-state index contributed by atoms with van der Waals surface area (Å²) >= 11 is 0. The predicted molar refractivity (Wildman–Crippen MR) is 122 cm³/mol. The molecule has 0 atom stereocenters. The molecule has 0 aromatic heterocycles. The van der Waals surface area contributed by atoms with Crippen LogP contribution in [0.1, 0.15) is 11.1 Å². The minimum Gasteiger partial charge on any atom is -0.396 e. The maximum atomic E-state index is 13.5. The fourth-order valence-corrected chi connectivity index (χ4v) is 2.83. The number of morpholine rings is 2. The van der Waals surface area contributed by atoms with Gasteiger partial charge >= 0.3 is 6.03 Å². The molecule has 0 bridgehead atoms. The number of ether oxygens (including phenoxy) is 2. The van der Waals surface area contributed by atoms with Gasteiger partial charge in [-0.1, -0.05) is 12.1 Å². The van der Waals surface area contributed by atoms with E-state index >= 15 is 0 Å². The Morgan fingerprint density at radius 1 is 0.938 bits per heavy atom. The van der Waals surface area contributed by atoms with E-state index in [-0.39, 0.29) is 23.2 Å². The smallest absolute Gasteiger partial charge is 0.322 e. The molecule has 32 heavy (non-hydrogen) atoms. The maximum Gasteiger partial charge on any atom is 0.322 e. The summed E-state index contributed by atoms with van der Waals surface area (Å²) in [6, 6.07) is 9.20. The van der Waals surface area contributed by atoms with Crippen LogP contribution < -0.4 is 16.4 Å². The number of carbonyl (C=O) groups excluding carboxylic acids is 1. The SMILES string of the molecule is C1COCCN1.Cc1ccc(N)c(F)c1.Cc1ccc(NC(=O)N2CCOCC2)c(F)c1. The molecule has 0 unspecified atom stereocenters. The zero-order chi connectivity index (χ0) is 23.3. The second kappa shape index (κ2) is 13.6. The standard InChI is InChI=1S/C12H15FN2O2.C7H8FN.C4H9NO/c1-9-2-3-11(10(13)8-9)14-12(16)15-4-6-17-7-5-15;1-5-2-3-7(9)6(8)4-5;1-3-6-4-2-5-1/h2-3,8H,4-7H2,1H3,(H,14,16);2-4H,9H2,1H3;5H,1-4H2. The number of halogens is 2. The minimum absolute atomic E-state index is 0.209. The molecule has 0 aliphatic carbocycles. The lowest BCUT2D eigenvalue weighted by Gasteiger charge is -2.27. The van der Waals surface area contributed by atoms with E-state index in [0.717, 1.165) is 37.4 Å². The summed E-state index contributed by atoms with van der Waals surface area (Å²) in [7, 11) is 0. The van der Waals surface area contributed by atoms with E-state index in [1.165, 1.54) is 12.1 Å². The molecule has 4 rings (SSSR count). The summed E-state index contributed by atoms with van der Waals surface area (Å²) in [5.41, 5.74) is 7.35. The highest BCUT2D eigenvalue weighted by Gasteiger charge is 2.17. The fourth-order valence-electron chi connectivity index (χ4n) is 2.83. The molecule has 2 aliphatic heterocycles. The first-order valence-electron chi connectivity index (χ1n) is 10.6. The average Bonchev–Trinajstić information content (AvgIpc) is 2.81. The number of rotatable bonds is 1. The normalized spacial score (nSPS) is 15.6. The Labute approximate surface area is 187 Å². The molecule has 2 aromatic rings. The lowest BCUT2D eigenvalue weighted by molar-refractivity contribution is 0.0564. The molecule has 2 heterocycles. The van der Waals surface area contributed by atoms with Gasteiger partial charge in [0.1, 0.15) is 11.6 Å². The third kappa shape index (κ3) is 9.17. The molecule has 2 saturated heterocycles. The predicted octanol–water partition coefficient (Wildman–Crippen LogP) is 3.32. The van der Waals surface area contributed by atoms with Crippen LogP contribution in [0.2, 0.25) is 0 Å². The van der Waals surface area contributed by atoms with Gasteiger partial charge in [-0.25, -0.2) is 13.6 Å². The number of hydrogen-bond acceptors (Lipinski definition) is 5. The van der Waals surface area contributed by atoms with Gasteiger partial charge in [-0.05, 0) is 49.2 Å². The second-order valence-corrected chi connectivity index (χ2v) is 7.40. The first kappa shape index (κ1) is 25.5. The monoisotopic (exact) mass is 450 g/mol. The van der Waals surface area contributed by atoms with E-state index in [1.54, 1.807) is 36.1 Å². The topological polar surface area (TPSA) is 88.8 Å². The molecule has 176 valence electrons. The van der Waals surface area contributed by atoms with Gasteiger partial charge in [0.05, 0.1) is 37.8 Å². The molecular formula is C23H32F2N4O3. The van der Waals surface area contributed by atoms with Gasteiger partial charge in [0.25, 0.3) is 0 Å². The highest BCUT2D eigenvalue weighted by atomic mass is 19.1. The van der Waals surface area contributed by atoms with Crippen molar-refractivity contribution in [2.24, 2.45) is 0 Å².